The summed E-state index contributed by atoms with van der Waals surface area (Å²) in [7, 11) is -3.85. The van der Waals surface area contributed by atoms with Gasteiger partial charge in [0.1, 0.15) is 12.6 Å². The summed E-state index contributed by atoms with van der Waals surface area (Å²) in [6.07, 6.45) is 1.28. The lowest BCUT2D eigenvalue weighted by Gasteiger charge is -2.35. The summed E-state index contributed by atoms with van der Waals surface area (Å²) in [4.78, 5) is 29.4. The molecule has 0 bridgehead atoms. The third kappa shape index (κ3) is 9.48. The number of carbonyl (C=O) groups is 2. The van der Waals surface area contributed by atoms with Gasteiger partial charge in [-0.1, -0.05) is 65.7 Å². The average Bonchev–Trinajstić information content (AvgIpc) is 2.85. The van der Waals surface area contributed by atoms with Crippen LogP contribution < -0.4 is 9.62 Å². The first kappa shape index (κ1) is 32.4. The van der Waals surface area contributed by atoms with Crippen molar-refractivity contribution in [2.24, 2.45) is 0 Å². The molecule has 0 fully saturated rings. The van der Waals surface area contributed by atoms with Crippen molar-refractivity contribution in [1.82, 2.24) is 10.2 Å². The number of nitrogens with zero attached hydrogens (tertiary/aromatic N) is 2. The highest BCUT2D eigenvalue weighted by Gasteiger charge is 2.34. The molecule has 0 radical (unpaired) electrons. The normalized spacial score (nSPS) is 12.5. The van der Waals surface area contributed by atoms with Crippen LogP contribution in [0.15, 0.2) is 66.7 Å². The zero-order valence-electron chi connectivity index (χ0n) is 24.2. The van der Waals surface area contributed by atoms with Crippen LogP contribution >= 0.6 is 23.2 Å². The number of aryl methyl sites for hydroxylation is 2. The molecule has 10 heteroatoms. The molecule has 0 aliphatic heterocycles. The van der Waals surface area contributed by atoms with E-state index in [0.29, 0.717) is 21.3 Å². The first-order valence-electron chi connectivity index (χ1n) is 13.2. The molecule has 1 atom stereocenters. The van der Waals surface area contributed by atoms with Crippen molar-refractivity contribution in [2.45, 2.75) is 59.2 Å². The Morgan fingerprint density at radius 2 is 1.49 bits per heavy atom. The molecule has 0 spiro atoms. The van der Waals surface area contributed by atoms with Crippen molar-refractivity contribution < 1.29 is 18.0 Å². The molecule has 220 valence electrons. The highest BCUT2D eigenvalue weighted by atomic mass is 35.5. The summed E-state index contributed by atoms with van der Waals surface area (Å²) in [6.45, 7) is 8.83. The molecule has 0 aromatic heterocycles. The Balaban J connectivity index is 2.11. The molecule has 41 heavy (non-hydrogen) atoms. The fourth-order valence-corrected chi connectivity index (χ4v) is 5.70. The molecule has 0 heterocycles. The molecular weight excluding hydrogens is 581 g/mol. The van der Waals surface area contributed by atoms with E-state index in [9.17, 15) is 18.0 Å². The Labute approximate surface area is 253 Å². The number of hydrogen-bond donors (Lipinski definition) is 1. The predicted molar refractivity (Wildman–Crippen MR) is 167 cm³/mol. The average molecular weight is 619 g/mol. The Hall–Kier alpha value is -3.07. The van der Waals surface area contributed by atoms with Gasteiger partial charge < -0.3 is 10.2 Å². The van der Waals surface area contributed by atoms with E-state index in [-0.39, 0.29) is 18.9 Å². The summed E-state index contributed by atoms with van der Waals surface area (Å²) in [5.41, 5.74) is 3.03. The van der Waals surface area contributed by atoms with Crippen LogP contribution in [-0.4, -0.2) is 49.5 Å². The van der Waals surface area contributed by atoms with E-state index in [1.165, 1.54) is 4.90 Å². The molecule has 1 unspecified atom stereocenters. The summed E-state index contributed by atoms with van der Waals surface area (Å²) in [5, 5.41) is 3.67. The van der Waals surface area contributed by atoms with Crippen molar-refractivity contribution in [3.8, 4) is 0 Å². The molecule has 0 saturated heterocycles. The van der Waals surface area contributed by atoms with Crippen molar-refractivity contribution in [1.29, 1.82) is 0 Å². The second-order valence-electron chi connectivity index (χ2n) is 11.3. The fraction of sp³-hybridized carbons (Fsp3) is 0.355. The minimum Gasteiger partial charge on any atom is -0.350 e. The second-order valence-corrected chi connectivity index (χ2v) is 14.1. The third-order valence-corrected chi connectivity index (χ3v) is 8.16. The van der Waals surface area contributed by atoms with E-state index >= 15 is 0 Å². The standard InChI is InChI=1S/C31H37Cl2N3O4S/c1-21-14-22(2)16-25(15-21)36(41(6,39)40)20-29(37)35(19-24-12-13-26(32)27(33)17-24)28(30(38)34-31(3,4)5)18-23-10-8-7-9-11-23/h7-17,28H,18-20H2,1-6H3,(H,34,38). The number of hydrogen-bond acceptors (Lipinski definition) is 4. The minimum absolute atomic E-state index is 0.00916. The lowest BCUT2D eigenvalue weighted by atomic mass is 10.0. The number of amides is 2. The van der Waals surface area contributed by atoms with Crippen molar-refractivity contribution in [2.75, 3.05) is 17.1 Å². The summed E-state index contributed by atoms with van der Waals surface area (Å²) < 4.78 is 27.0. The number of anilines is 1. The van der Waals surface area contributed by atoms with Crippen LogP contribution in [0.1, 0.15) is 43.0 Å². The van der Waals surface area contributed by atoms with E-state index in [4.69, 9.17) is 23.2 Å². The van der Waals surface area contributed by atoms with Crippen LogP contribution in [0.4, 0.5) is 5.69 Å². The van der Waals surface area contributed by atoms with E-state index in [1.807, 2.05) is 71.0 Å². The van der Waals surface area contributed by atoms with Crippen molar-refractivity contribution in [3.05, 3.63) is 99.0 Å². The van der Waals surface area contributed by atoms with Gasteiger partial charge in [0, 0.05) is 18.5 Å². The van der Waals surface area contributed by atoms with Gasteiger partial charge in [-0.2, -0.15) is 0 Å². The van der Waals surface area contributed by atoms with E-state index in [0.717, 1.165) is 27.3 Å². The van der Waals surface area contributed by atoms with Gasteiger partial charge >= 0.3 is 0 Å². The number of benzene rings is 3. The van der Waals surface area contributed by atoms with Crippen LogP contribution in [0.2, 0.25) is 10.0 Å². The van der Waals surface area contributed by atoms with Crippen LogP contribution in [0.5, 0.6) is 0 Å². The molecule has 1 N–H and O–H groups in total. The first-order valence-corrected chi connectivity index (χ1v) is 15.8. The molecule has 0 aliphatic carbocycles. The van der Waals surface area contributed by atoms with Gasteiger partial charge in [-0.25, -0.2) is 8.42 Å². The molecule has 3 aromatic carbocycles. The minimum atomic E-state index is -3.85. The zero-order valence-corrected chi connectivity index (χ0v) is 26.6. The molecular formula is C31H37Cl2N3O4S. The highest BCUT2D eigenvalue weighted by Crippen LogP contribution is 2.26. The number of halogens is 2. The van der Waals surface area contributed by atoms with Gasteiger partial charge in [0.05, 0.1) is 22.0 Å². The summed E-state index contributed by atoms with van der Waals surface area (Å²) in [6, 6.07) is 18.8. The monoisotopic (exact) mass is 617 g/mol. The molecule has 0 aliphatic rings. The maximum atomic E-state index is 14.2. The molecule has 3 aromatic rings. The van der Waals surface area contributed by atoms with Crippen LogP contribution in [0, 0.1) is 13.8 Å². The Morgan fingerprint density at radius 3 is 2.02 bits per heavy atom. The number of nitrogens with one attached hydrogen (secondary N) is 1. The largest absolute Gasteiger partial charge is 0.350 e. The topological polar surface area (TPSA) is 86.8 Å². The van der Waals surface area contributed by atoms with Crippen molar-refractivity contribution in [3.63, 3.8) is 0 Å². The molecule has 2 amide bonds. The van der Waals surface area contributed by atoms with Gasteiger partial charge in [0.25, 0.3) is 0 Å². The molecule has 7 nitrogen and oxygen atoms in total. The lowest BCUT2D eigenvalue weighted by molar-refractivity contribution is -0.140. The quantitative estimate of drug-likeness (QED) is 0.305. The van der Waals surface area contributed by atoms with Gasteiger partial charge in [-0.15, -0.1) is 0 Å². The van der Waals surface area contributed by atoms with Gasteiger partial charge in [0.15, 0.2) is 0 Å². The lowest BCUT2D eigenvalue weighted by Crippen LogP contribution is -2.56. The van der Waals surface area contributed by atoms with Gasteiger partial charge in [-0.3, -0.25) is 13.9 Å². The zero-order chi connectivity index (χ0) is 30.5. The highest BCUT2D eigenvalue weighted by molar-refractivity contribution is 7.92. The van der Waals surface area contributed by atoms with E-state index in [2.05, 4.69) is 5.32 Å². The van der Waals surface area contributed by atoms with E-state index < -0.39 is 34.1 Å². The van der Waals surface area contributed by atoms with Crippen LogP contribution in [0.25, 0.3) is 0 Å². The third-order valence-electron chi connectivity index (χ3n) is 6.28. The number of rotatable bonds is 10. The second kappa shape index (κ2) is 13.3. The Bertz CT molecular complexity index is 1490. The van der Waals surface area contributed by atoms with E-state index in [1.54, 1.807) is 30.3 Å². The summed E-state index contributed by atoms with van der Waals surface area (Å²) in [5.74, 6) is -0.891. The summed E-state index contributed by atoms with van der Waals surface area (Å²) >= 11 is 12.4. The van der Waals surface area contributed by atoms with Gasteiger partial charge in [-0.05, 0) is 81.1 Å². The smallest absolute Gasteiger partial charge is 0.244 e. The molecule has 0 saturated carbocycles. The van der Waals surface area contributed by atoms with Gasteiger partial charge in [0.2, 0.25) is 21.8 Å². The Morgan fingerprint density at radius 1 is 0.878 bits per heavy atom. The molecule has 3 rings (SSSR count). The Kier molecular flexibility index (Phi) is 10.5. The SMILES string of the molecule is Cc1cc(C)cc(N(CC(=O)N(Cc2ccc(Cl)c(Cl)c2)C(Cc2ccccc2)C(=O)NC(C)(C)C)S(C)(=O)=O)c1. The first-order chi connectivity index (χ1) is 19.0. The number of carbonyl (C=O) groups excluding carboxylic acids is 2. The van der Waals surface area contributed by atoms with Crippen LogP contribution in [-0.2, 0) is 32.6 Å². The van der Waals surface area contributed by atoms with Crippen LogP contribution in [0.3, 0.4) is 0 Å². The maximum Gasteiger partial charge on any atom is 0.244 e. The number of sulfonamides is 1. The predicted octanol–water partition coefficient (Wildman–Crippen LogP) is 5.93. The maximum absolute atomic E-state index is 14.2. The van der Waals surface area contributed by atoms with Crippen molar-refractivity contribution >= 4 is 50.7 Å². The fourth-order valence-electron chi connectivity index (χ4n) is 4.55.